The number of hydrogen-bond donors (Lipinski definition) is 0. The summed E-state index contributed by atoms with van der Waals surface area (Å²) in [4.78, 5) is 0. The molecule has 0 aliphatic carbocycles. The van der Waals surface area contributed by atoms with Gasteiger partial charge in [0.1, 0.15) is 5.15 Å². The van der Waals surface area contributed by atoms with Crippen molar-refractivity contribution in [3.05, 3.63) is 45.7 Å². The van der Waals surface area contributed by atoms with Gasteiger partial charge in [-0.25, -0.2) is 4.68 Å². The molecule has 0 spiro atoms. The monoisotopic (exact) mass is 259 g/mol. The lowest BCUT2D eigenvalue weighted by Gasteiger charge is -2.06. The first-order chi connectivity index (χ1) is 8.54. The van der Waals surface area contributed by atoms with Gasteiger partial charge in [-0.2, -0.15) is 10.4 Å². The van der Waals surface area contributed by atoms with Crippen LogP contribution in [0.4, 0.5) is 0 Å². The first-order valence-corrected chi connectivity index (χ1v) is 6.11. The van der Waals surface area contributed by atoms with Crippen molar-refractivity contribution in [3.63, 3.8) is 0 Å². The number of aromatic nitrogens is 2. The molecule has 0 bridgehead atoms. The lowest BCUT2D eigenvalue weighted by Crippen LogP contribution is -1.98. The molecule has 3 nitrogen and oxygen atoms in total. The molecule has 0 aliphatic heterocycles. The van der Waals surface area contributed by atoms with Gasteiger partial charge in [-0.1, -0.05) is 17.7 Å². The summed E-state index contributed by atoms with van der Waals surface area (Å²) in [5.74, 6) is 0. The van der Waals surface area contributed by atoms with Crippen LogP contribution in [0.3, 0.4) is 0 Å². The topological polar surface area (TPSA) is 41.6 Å². The summed E-state index contributed by atoms with van der Waals surface area (Å²) < 4.78 is 1.69. The fourth-order valence-corrected chi connectivity index (χ4v) is 2.18. The fourth-order valence-electron chi connectivity index (χ4n) is 1.84. The van der Waals surface area contributed by atoms with Crippen molar-refractivity contribution in [2.45, 2.75) is 27.2 Å². The van der Waals surface area contributed by atoms with E-state index in [-0.39, 0.29) is 6.42 Å². The van der Waals surface area contributed by atoms with E-state index >= 15 is 0 Å². The highest BCUT2D eigenvalue weighted by Gasteiger charge is 2.14. The van der Waals surface area contributed by atoms with Crippen LogP contribution in [-0.4, -0.2) is 9.78 Å². The van der Waals surface area contributed by atoms with Crippen molar-refractivity contribution in [3.8, 4) is 11.8 Å². The maximum atomic E-state index is 8.78. The summed E-state index contributed by atoms with van der Waals surface area (Å²) in [5.41, 5.74) is 4.96. The summed E-state index contributed by atoms with van der Waals surface area (Å²) in [6.45, 7) is 5.99. The maximum absolute atomic E-state index is 8.78. The van der Waals surface area contributed by atoms with Crippen LogP contribution in [-0.2, 0) is 6.42 Å². The molecule has 0 atom stereocenters. The van der Waals surface area contributed by atoms with Crippen molar-refractivity contribution in [1.82, 2.24) is 9.78 Å². The second-order valence-electron chi connectivity index (χ2n) is 4.37. The highest BCUT2D eigenvalue weighted by molar-refractivity contribution is 6.30. The molecule has 2 rings (SSSR count). The smallest absolute Gasteiger partial charge is 0.137 e. The van der Waals surface area contributed by atoms with E-state index in [1.54, 1.807) is 4.68 Å². The van der Waals surface area contributed by atoms with Crippen LogP contribution in [0.1, 0.15) is 22.4 Å². The van der Waals surface area contributed by atoms with E-state index in [1.165, 1.54) is 11.1 Å². The summed E-state index contributed by atoms with van der Waals surface area (Å²) in [6.07, 6.45) is 0.287. The van der Waals surface area contributed by atoms with Crippen LogP contribution < -0.4 is 0 Å². The minimum atomic E-state index is 0.287. The molecule has 0 fully saturated rings. The second kappa shape index (κ2) is 4.83. The molecular formula is C14H14ClN3. The Balaban J connectivity index is 2.55. The zero-order chi connectivity index (χ0) is 13.3. The molecule has 92 valence electrons. The Morgan fingerprint density at radius 3 is 2.61 bits per heavy atom. The summed E-state index contributed by atoms with van der Waals surface area (Å²) in [5, 5.41) is 13.7. The molecule has 0 amide bonds. The molecule has 0 saturated heterocycles. The van der Waals surface area contributed by atoms with Gasteiger partial charge in [-0.05, 0) is 44.0 Å². The molecule has 18 heavy (non-hydrogen) atoms. The van der Waals surface area contributed by atoms with Crippen LogP contribution in [0.2, 0.25) is 5.15 Å². The first kappa shape index (κ1) is 12.7. The molecule has 1 aromatic heterocycles. The minimum absolute atomic E-state index is 0.287. The van der Waals surface area contributed by atoms with Crippen molar-refractivity contribution in [1.29, 1.82) is 5.26 Å². The Morgan fingerprint density at radius 2 is 2.00 bits per heavy atom. The molecule has 1 heterocycles. The number of nitrogens with zero attached hydrogens (tertiary/aromatic N) is 3. The van der Waals surface area contributed by atoms with Gasteiger partial charge in [0.25, 0.3) is 0 Å². The highest BCUT2D eigenvalue weighted by atomic mass is 35.5. The van der Waals surface area contributed by atoms with Gasteiger partial charge in [0.15, 0.2) is 0 Å². The quantitative estimate of drug-likeness (QED) is 0.828. The molecule has 0 saturated carbocycles. The fraction of sp³-hybridized carbons (Fsp3) is 0.286. The van der Waals surface area contributed by atoms with Gasteiger partial charge in [0.2, 0.25) is 0 Å². The van der Waals surface area contributed by atoms with E-state index in [0.29, 0.717) is 5.15 Å². The number of benzene rings is 1. The summed E-state index contributed by atoms with van der Waals surface area (Å²) >= 11 is 6.28. The van der Waals surface area contributed by atoms with Crippen LogP contribution in [0, 0.1) is 32.1 Å². The standard InChI is InChI=1S/C14H14ClN3/c1-9-4-5-12(8-10(9)2)18-14(15)13(6-7-16)11(3)17-18/h4-5,8H,6H2,1-3H3. The third-order valence-corrected chi connectivity index (χ3v) is 3.50. The number of halogens is 1. The van der Waals surface area contributed by atoms with Gasteiger partial charge >= 0.3 is 0 Å². The lowest BCUT2D eigenvalue weighted by molar-refractivity contribution is 0.861. The largest absolute Gasteiger partial charge is 0.222 e. The third-order valence-electron chi connectivity index (χ3n) is 3.11. The average Bonchev–Trinajstić information content (AvgIpc) is 2.61. The van der Waals surface area contributed by atoms with Crippen LogP contribution >= 0.6 is 11.6 Å². The summed E-state index contributed by atoms with van der Waals surface area (Å²) in [6, 6.07) is 8.19. The number of hydrogen-bond acceptors (Lipinski definition) is 2. The Bertz CT molecular complexity index is 635. The van der Waals surface area contributed by atoms with Crippen LogP contribution in [0.5, 0.6) is 0 Å². The van der Waals surface area contributed by atoms with Crippen molar-refractivity contribution < 1.29 is 0 Å². The van der Waals surface area contributed by atoms with Crippen LogP contribution in [0.15, 0.2) is 18.2 Å². The number of rotatable bonds is 2. The Hall–Kier alpha value is -1.79. The molecule has 0 N–H and O–H groups in total. The first-order valence-electron chi connectivity index (χ1n) is 5.73. The number of aryl methyl sites for hydroxylation is 3. The zero-order valence-corrected chi connectivity index (χ0v) is 11.4. The van der Waals surface area contributed by atoms with Gasteiger partial charge in [-0.15, -0.1) is 0 Å². The molecule has 0 aliphatic rings. The van der Waals surface area contributed by atoms with Crippen molar-refractivity contribution in [2.24, 2.45) is 0 Å². The highest BCUT2D eigenvalue weighted by Crippen LogP contribution is 2.24. The van der Waals surface area contributed by atoms with E-state index in [9.17, 15) is 0 Å². The molecule has 1 aromatic carbocycles. The van der Waals surface area contributed by atoms with E-state index in [4.69, 9.17) is 16.9 Å². The van der Waals surface area contributed by atoms with Gasteiger partial charge in [-0.3, -0.25) is 0 Å². The molecule has 0 unspecified atom stereocenters. The van der Waals surface area contributed by atoms with Gasteiger partial charge in [0.05, 0.1) is 23.9 Å². The predicted octanol–water partition coefficient (Wildman–Crippen LogP) is 3.52. The Kier molecular flexibility index (Phi) is 3.40. The van der Waals surface area contributed by atoms with Gasteiger partial charge in [0, 0.05) is 5.56 Å². The minimum Gasteiger partial charge on any atom is -0.222 e. The summed E-state index contributed by atoms with van der Waals surface area (Å²) in [7, 11) is 0. The second-order valence-corrected chi connectivity index (χ2v) is 4.73. The van der Waals surface area contributed by atoms with E-state index in [1.807, 2.05) is 25.1 Å². The lowest BCUT2D eigenvalue weighted by atomic mass is 10.1. The zero-order valence-electron chi connectivity index (χ0n) is 10.7. The Labute approximate surface area is 112 Å². The average molecular weight is 260 g/mol. The molecular weight excluding hydrogens is 246 g/mol. The SMILES string of the molecule is Cc1ccc(-n2nc(C)c(CC#N)c2Cl)cc1C. The predicted molar refractivity (Wildman–Crippen MR) is 72.1 cm³/mol. The van der Waals surface area contributed by atoms with Crippen molar-refractivity contribution >= 4 is 11.6 Å². The molecule has 0 radical (unpaired) electrons. The van der Waals surface area contributed by atoms with Crippen LogP contribution in [0.25, 0.3) is 5.69 Å². The number of nitriles is 1. The third kappa shape index (κ3) is 2.12. The maximum Gasteiger partial charge on any atom is 0.137 e. The molecule has 4 heteroatoms. The van der Waals surface area contributed by atoms with E-state index in [0.717, 1.165) is 16.9 Å². The van der Waals surface area contributed by atoms with Gasteiger partial charge < -0.3 is 0 Å². The van der Waals surface area contributed by atoms with E-state index in [2.05, 4.69) is 25.0 Å². The van der Waals surface area contributed by atoms with E-state index < -0.39 is 0 Å². The molecule has 2 aromatic rings. The Morgan fingerprint density at radius 1 is 1.28 bits per heavy atom. The normalized spacial score (nSPS) is 10.4. The van der Waals surface area contributed by atoms with Crippen molar-refractivity contribution in [2.75, 3.05) is 0 Å².